The maximum Gasteiger partial charge on any atom is 0.157 e. The molecule has 0 saturated heterocycles. The Hall–Kier alpha value is -2.14. The van der Waals surface area contributed by atoms with Gasteiger partial charge in [0.2, 0.25) is 0 Å². The summed E-state index contributed by atoms with van der Waals surface area (Å²) in [6, 6.07) is 8.20. The lowest BCUT2D eigenvalue weighted by molar-refractivity contribution is 0.696. The molecule has 0 atom stereocenters. The molecule has 5 heteroatoms. The summed E-state index contributed by atoms with van der Waals surface area (Å²) >= 11 is 0. The van der Waals surface area contributed by atoms with E-state index in [0.717, 1.165) is 29.0 Å². The standard InChI is InChI=1S/C14H17N5/c1-10-12(9-15-2)14(18(3)17-10)19-13-7-5-4-6-11(13)8-16-19/h4-8,15H,9H2,1-3H3. The molecule has 0 radical (unpaired) electrons. The minimum Gasteiger partial charge on any atom is -0.315 e. The van der Waals surface area contributed by atoms with Crippen molar-refractivity contribution in [1.29, 1.82) is 0 Å². The van der Waals surface area contributed by atoms with E-state index in [1.54, 1.807) is 0 Å². The molecule has 3 rings (SSSR count). The number of fused-ring (bicyclic) bond motifs is 1. The molecule has 5 nitrogen and oxygen atoms in total. The Bertz CT molecular complexity index is 723. The van der Waals surface area contributed by atoms with E-state index in [2.05, 4.69) is 27.6 Å². The maximum atomic E-state index is 4.51. The van der Waals surface area contributed by atoms with Crippen LogP contribution in [0.3, 0.4) is 0 Å². The molecule has 0 spiro atoms. The summed E-state index contributed by atoms with van der Waals surface area (Å²) in [5.41, 5.74) is 3.31. The highest BCUT2D eigenvalue weighted by Crippen LogP contribution is 2.22. The van der Waals surface area contributed by atoms with Crippen LogP contribution in [-0.4, -0.2) is 26.6 Å². The van der Waals surface area contributed by atoms with E-state index in [1.165, 1.54) is 5.56 Å². The predicted molar refractivity (Wildman–Crippen MR) is 75.3 cm³/mol. The topological polar surface area (TPSA) is 47.7 Å². The molecule has 1 N–H and O–H groups in total. The molecule has 19 heavy (non-hydrogen) atoms. The summed E-state index contributed by atoms with van der Waals surface area (Å²) in [4.78, 5) is 0. The first kappa shape index (κ1) is 11.9. The molecule has 0 bridgehead atoms. The molecule has 2 heterocycles. The van der Waals surface area contributed by atoms with Crippen LogP contribution in [0.2, 0.25) is 0 Å². The van der Waals surface area contributed by atoms with Crippen molar-refractivity contribution in [3.05, 3.63) is 41.7 Å². The Balaban J connectivity index is 2.26. The number of hydrogen-bond donors (Lipinski definition) is 1. The van der Waals surface area contributed by atoms with Crippen LogP contribution in [0.25, 0.3) is 16.7 Å². The van der Waals surface area contributed by atoms with Crippen molar-refractivity contribution < 1.29 is 0 Å². The minimum atomic E-state index is 0.781. The Morgan fingerprint density at radius 3 is 2.84 bits per heavy atom. The number of aromatic nitrogens is 4. The quantitative estimate of drug-likeness (QED) is 0.776. The van der Waals surface area contributed by atoms with E-state index in [0.29, 0.717) is 0 Å². The molecule has 98 valence electrons. The maximum absolute atomic E-state index is 4.51. The van der Waals surface area contributed by atoms with Gasteiger partial charge in [-0.3, -0.25) is 4.68 Å². The van der Waals surface area contributed by atoms with Crippen LogP contribution in [-0.2, 0) is 13.6 Å². The Morgan fingerprint density at radius 2 is 2.05 bits per heavy atom. The third-order valence-corrected chi connectivity index (χ3v) is 3.34. The van der Waals surface area contributed by atoms with Gasteiger partial charge in [-0.25, -0.2) is 4.68 Å². The van der Waals surface area contributed by atoms with Crippen LogP contribution in [0.4, 0.5) is 0 Å². The number of nitrogens with one attached hydrogen (secondary N) is 1. The summed E-state index contributed by atoms with van der Waals surface area (Å²) in [7, 11) is 3.90. The minimum absolute atomic E-state index is 0.781. The van der Waals surface area contributed by atoms with Gasteiger partial charge in [-0.2, -0.15) is 10.2 Å². The first-order valence-corrected chi connectivity index (χ1v) is 6.32. The van der Waals surface area contributed by atoms with Crippen molar-refractivity contribution in [2.45, 2.75) is 13.5 Å². The fourth-order valence-electron chi connectivity index (χ4n) is 2.48. The SMILES string of the molecule is CNCc1c(C)nn(C)c1-n1ncc2ccccc21. The van der Waals surface area contributed by atoms with E-state index in [1.807, 2.05) is 48.7 Å². The second-order valence-corrected chi connectivity index (χ2v) is 4.66. The van der Waals surface area contributed by atoms with E-state index < -0.39 is 0 Å². The fourth-order valence-corrected chi connectivity index (χ4v) is 2.48. The lowest BCUT2D eigenvalue weighted by Crippen LogP contribution is -2.11. The summed E-state index contributed by atoms with van der Waals surface area (Å²) in [5.74, 6) is 1.02. The van der Waals surface area contributed by atoms with Crippen molar-refractivity contribution in [2.75, 3.05) is 7.05 Å². The first-order valence-electron chi connectivity index (χ1n) is 6.32. The normalized spacial score (nSPS) is 11.3. The number of rotatable bonds is 3. The average molecular weight is 255 g/mol. The van der Waals surface area contributed by atoms with Crippen LogP contribution >= 0.6 is 0 Å². The third-order valence-electron chi connectivity index (χ3n) is 3.34. The van der Waals surface area contributed by atoms with E-state index in [4.69, 9.17) is 0 Å². The van der Waals surface area contributed by atoms with Gasteiger partial charge in [0, 0.05) is 24.5 Å². The summed E-state index contributed by atoms with van der Waals surface area (Å²) in [5, 5.41) is 13.3. The molecule has 0 saturated carbocycles. The summed E-state index contributed by atoms with van der Waals surface area (Å²) in [6.45, 7) is 2.81. The zero-order chi connectivity index (χ0) is 13.4. The van der Waals surface area contributed by atoms with Crippen LogP contribution in [0.5, 0.6) is 0 Å². The van der Waals surface area contributed by atoms with Gasteiger partial charge in [0.25, 0.3) is 0 Å². The smallest absolute Gasteiger partial charge is 0.157 e. The van der Waals surface area contributed by atoms with E-state index in [-0.39, 0.29) is 0 Å². The monoisotopic (exact) mass is 255 g/mol. The molecule has 2 aromatic heterocycles. The molecular formula is C14H17N5. The Labute approximate surface area is 111 Å². The van der Waals surface area contributed by atoms with Crippen LogP contribution in [0.1, 0.15) is 11.3 Å². The lowest BCUT2D eigenvalue weighted by Gasteiger charge is -2.07. The number of benzene rings is 1. The Kier molecular flexibility index (Phi) is 2.83. The largest absolute Gasteiger partial charge is 0.315 e. The molecule has 3 aromatic rings. The fraction of sp³-hybridized carbons (Fsp3) is 0.286. The summed E-state index contributed by atoms with van der Waals surface area (Å²) < 4.78 is 3.85. The van der Waals surface area contributed by atoms with E-state index in [9.17, 15) is 0 Å². The van der Waals surface area contributed by atoms with Crippen molar-refractivity contribution in [1.82, 2.24) is 24.9 Å². The van der Waals surface area contributed by atoms with Gasteiger partial charge in [0.1, 0.15) is 0 Å². The third kappa shape index (κ3) is 1.82. The van der Waals surface area contributed by atoms with Crippen molar-refractivity contribution in [3.63, 3.8) is 0 Å². The van der Waals surface area contributed by atoms with Gasteiger partial charge in [-0.1, -0.05) is 18.2 Å². The van der Waals surface area contributed by atoms with Crippen molar-refractivity contribution in [3.8, 4) is 5.82 Å². The zero-order valence-corrected chi connectivity index (χ0v) is 11.4. The molecule has 0 amide bonds. The number of hydrogen-bond acceptors (Lipinski definition) is 3. The van der Waals surface area contributed by atoms with Gasteiger partial charge in [-0.15, -0.1) is 0 Å². The average Bonchev–Trinajstić information content (AvgIpc) is 2.92. The highest BCUT2D eigenvalue weighted by molar-refractivity contribution is 5.80. The lowest BCUT2D eigenvalue weighted by atomic mass is 10.2. The van der Waals surface area contributed by atoms with Gasteiger partial charge in [0.15, 0.2) is 5.82 Å². The highest BCUT2D eigenvalue weighted by Gasteiger charge is 2.16. The van der Waals surface area contributed by atoms with Crippen LogP contribution in [0.15, 0.2) is 30.5 Å². The molecule has 1 aromatic carbocycles. The molecule has 0 aliphatic heterocycles. The van der Waals surface area contributed by atoms with Gasteiger partial charge < -0.3 is 5.32 Å². The van der Waals surface area contributed by atoms with E-state index >= 15 is 0 Å². The van der Waals surface area contributed by atoms with Crippen molar-refractivity contribution >= 4 is 10.9 Å². The Morgan fingerprint density at radius 1 is 1.26 bits per heavy atom. The highest BCUT2D eigenvalue weighted by atomic mass is 15.4. The second-order valence-electron chi connectivity index (χ2n) is 4.66. The van der Waals surface area contributed by atoms with Gasteiger partial charge in [-0.05, 0) is 20.0 Å². The summed E-state index contributed by atoms with van der Waals surface area (Å²) in [6.07, 6.45) is 1.89. The first-order chi connectivity index (χ1) is 9.22. The second kappa shape index (κ2) is 4.51. The predicted octanol–water partition coefficient (Wildman–Crippen LogP) is 1.79. The number of aryl methyl sites for hydroxylation is 2. The van der Waals surface area contributed by atoms with Crippen LogP contribution in [0, 0.1) is 6.92 Å². The molecule has 0 aliphatic rings. The number of para-hydroxylation sites is 1. The molecular weight excluding hydrogens is 238 g/mol. The zero-order valence-electron chi connectivity index (χ0n) is 11.4. The van der Waals surface area contributed by atoms with Crippen LogP contribution < -0.4 is 5.32 Å². The molecule has 0 aliphatic carbocycles. The number of nitrogens with zero attached hydrogens (tertiary/aromatic N) is 4. The molecule has 0 fully saturated rings. The van der Waals surface area contributed by atoms with Gasteiger partial charge >= 0.3 is 0 Å². The van der Waals surface area contributed by atoms with Crippen molar-refractivity contribution in [2.24, 2.45) is 7.05 Å². The molecule has 0 unspecified atom stereocenters. The van der Waals surface area contributed by atoms with Gasteiger partial charge in [0.05, 0.1) is 17.4 Å².